The lowest BCUT2D eigenvalue weighted by atomic mass is 10.1. The Kier molecular flexibility index (Phi) is 4.72. The van der Waals surface area contributed by atoms with Gasteiger partial charge in [0.2, 0.25) is 5.91 Å². The van der Waals surface area contributed by atoms with Crippen LogP contribution in [0.15, 0.2) is 30.5 Å². The van der Waals surface area contributed by atoms with Gasteiger partial charge in [0.1, 0.15) is 6.61 Å². The molecule has 0 aliphatic heterocycles. The Morgan fingerprint density at radius 1 is 1.29 bits per heavy atom. The molecule has 0 aliphatic carbocycles. The minimum Gasteiger partial charge on any atom is -0.414 e. The standard InChI is InChI=1S/C16H24N2O2Si/c1-17-16(19)11-13-12-18(20-9-10-21(2,3)4)15-8-6-5-7-14(13)15/h5-8,12H,9-11H2,1-4H3,(H,17,19). The number of para-hydroxylation sites is 1. The number of hydrogen-bond acceptors (Lipinski definition) is 2. The van der Waals surface area contributed by atoms with E-state index >= 15 is 0 Å². The predicted octanol–water partition coefficient (Wildman–Crippen LogP) is 2.70. The third-order valence-corrected chi connectivity index (χ3v) is 5.18. The molecule has 21 heavy (non-hydrogen) atoms. The van der Waals surface area contributed by atoms with Crippen LogP contribution < -0.4 is 10.2 Å². The molecule has 4 nitrogen and oxygen atoms in total. The van der Waals surface area contributed by atoms with E-state index in [0.29, 0.717) is 13.0 Å². The van der Waals surface area contributed by atoms with Gasteiger partial charge >= 0.3 is 0 Å². The van der Waals surface area contributed by atoms with Crippen molar-refractivity contribution in [3.05, 3.63) is 36.0 Å². The van der Waals surface area contributed by atoms with Crippen LogP contribution in [0.1, 0.15) is 5.56 Å². The van der Waals surface area contributed by atoms with Crippen LogP contribution in [-0.2, 0) is 11.2 Å². The van der Waals surface area contributed by atoms with Gasteiger partial charge in [0.15, 0.2) is 0 Å². The van der Waals surface area contributed by atoms with Gasteiger partial charge in [-0.25, -0.2) is 0 Å². The highest BCUT2D eigenvalue weighted by Crippen LogP contribution is 2.21. The van der Waals surface area contributed by atoms with Crippen LogP contribution in [0.2, 0.25) is 25.7 Å². The molecule has 0 saturated carbocycles. The number of hydrogen-bond donors (Lipinski definition) is 1. The van der Waals surface area contributed by atoms with Gasteiger partial charge in [0.25, 0.3) is 0 Å². The summed E-state index contributed by atoms with van der Waals surface area (Å²) >= 11 is 0. The molecule has 5 heteroatoms. The third-order valence-electron chi connectivity index (χ3n) is 3.47. The molecule has 0 radical (unpaired) electrons. The molecule has 2 aromatic rings. The van der Waals surface area contributed by atoms with Crippen molar-refractivity contribution in [2.45, 2.75) is 32.1 Å². The van der Waals surface area contributed by atoms with E-state index in [-0.39, 0.29) is 5.91 Å². The summed E-state index contributed by atoms with van der Waals surface area (Å²) in [6, 6.07) is 9.15. The summed E-state index contributed by atoms with van der Waals surface area (Å²) in [4.78, 5) is 17.5. The fourth-order valence-electron chi connectivity index (χ4n) is 2.18. The van der Waals surface area contributed by atoms with Crippen molar-refractivity contribution in [2.24, 2.45) is 0 Å². The Morgan fingerprint density at radius 3 is 2.67 bits per heavy atom. The van der Waals surface area contributed by atoms with Crippen molar-refractivity contribution in [2.75, 3.05) is 13.7 Å². The summed E-state index contributed by atoms with van der Waals surface area (Å²) in [5.41, 5.74) is 2.02. The topological polar surface area (TPSA) is 43.3 Å². The van der Waals surface area contributed by atoms with Gasteiger partial charge in [-0.2, -0.15) is 4.73 Å². The SMILES string of the molecule is CNC(=O)Cc1cn(OCC[Si](C)(C)C)c2ccccc12. The van der Waals surface area contributed by atoms with Gasteiger partial charge in [-0.3, -0.25) is 4.79 Å². The van der Waals surface area contributed by atoms with E-state index < -0.39 is 8.07 Å². The molecule has 0 spiro atoms. The maximum atomic E-state index is 11.6. The van der Waals surface area contributed by atoms with Gasteiger partial charge in [0, 0.05) is 26.7 Å². The van der Waals surface area contributed by atoms with E-state index in [2.05, 4.69) is 25.0 Å². The zero-order chi connectivity index (χ0) is 15.5. The van der Waals surface area contributed by atoms with Gasteiger partial charge in [-0.05, 0) is 17.7 Å². The van der Waals surface area contributed by atoms with E-state index in [1.54, 1.807) is 7.05 Å². The van der Waals surface area contributed by atoms with Crippen molar-refractivity contribution in [1.29, 1.82) is 0 Å². The summed E-state index contributed by atoms with van der Waals surface area (Å²) in [6.07, 6.45) is 2.31. The average Bonchev–Trinajstić information content (AvgIpc) is 2.76. The van der Waals surface area contributed by atoms with Gasteiger partial charge in [0.05, 0.1) is 11.9 Å². The number of carbonyl (C=O) groups excluding carboxylic acids is 1. The summed E-state index contributed by atoms with van der Waals surface area (Å²) in [6.45, 7) is 7.72. The van der Waals surface area contributed by atoms with E-state index in [4.69, 9.17) is 4.84 Å². The van der Waals surface area contributed by atoms with Crippen LogP contribution >= 0.6 is 0 Å². The van der Waals surface area contributed by atoms with Crippen molar-refractivity contribution in [3.8, 4) is 0 Å². The Morgan fingerprint density at radius 2 is 2.00 bits per heavy atom. The number of rotatable bonds is 6. The Hall–Kier alpha value is -1.75. The van der Waals surface area contributed by atoms with E-state index in [1.807, 2.05) is 35.2 Å². The molecule has 1 aromatic heterocycles. The molecule has 0 atom stereocenters. The molecule has 1 N–H and O–H groups in total. The molecule has 0 aliphatic rings. The van der Waals surface area contributed by atoms with Crippen LogP contribution in [0.25, 0.3) is 10.9 Å². The smallest absolute Gasteiger partial charge is 0.224 e. The number of aromatic nitrogens is 1. The normalized spacial score (nSPS) is 11.6. The summed E-state index contributed by atoms with van der Waals surface area (Å²) < 4.78 is 1.81. The molecular weight excluding hydrogens is 280 g/mol. The second-order valence-corrected chi connectivity index (χ2v) is 12.1. The maximum absolute atomic E-state index is 11.6. The quantitative estimate of drug-likeness (QED) is 0.834. The molecule has 1 heterocycles. The molecule has 0 saturated heterocycles. The number of nitrogens with one attached hydrogen (secondary N) is 1. The first-order valence-electron chi connectivity index (χ1n) is 7.33. The molecular formula is C16H24N2O2Si. The van der Waals surface area contributed by atoms with Gasteiger partial charge in [-0.1, -0.05) is 37.8 Å². The van der Waals surface area contributed by atoms with Crippen molar-refractivity contribution < 1.29 is 9.63 Å². The summed E-state index contributed by atoms with van der Waals surface area (Å²) in [5, 5.41) is 3.74. The Labute approximate surface area is 127 Å². The molecule has 0 unspecified atom stereocenters. The van der Waals surface area contributed by atoms with E-state index in [9.17, 15) is 4.79 Å². The molecule has 0 bridgehead atoms. The van der Waals surface area contributed by atoms with E-state index in [1.165, 1.54) is 0 Å². The van der Waals surface area contributed by atoms with Crippen LogP contribution in [-0.4, -0.2) is 32.4 Å². The van der Waals surface area contributed by atoms with Crippen LogP contribution in [0.4, 0.5) is 0 Å². The summed E-state index contributed by atoms with van der Waals surface area (Å²) in [5.74, 6) is 0.0139. The number of benzene rings is 1. The largest absolute Gasteiger partial charge is 0.414 e. The fourth-order valence-corrected chi connectivity index (χ4v) is 2.88. The number of carbonyl (C=O) groups is 1. The number of nitrogens with zero attached hydrogens (tertiary/aromatic N) is 1. The second kappa shape index (κ2) is 6.35. The zero-order valence-electron chi connectivity index (χ0n) is 13.3. The second-order valence-electron chi connectivity index (χ2n) is 6.49. The van der Waals surface area contributed by atoms with Crippen molar-refractivity contribution in [3.63, 3.8) is 0 Å². The lowest BCUT2D eigenvalue weighted by Gasteiger charge is -2.16. The lowest BCUT2D eigenvalue weighted by Crippen LogP contribution is -2.25. The minimum absolute atomic E-state index is 0.0139. The maximum Gasteiger partial charge on any atom is 0.224 e. The first-order valence-corrected chi connectivity index (χ1v) is 11.0. The number of fused-ring (bicyclic) bond motifs is 1. The van der Waals surface area contributed by atoms with Crippen molar-refractivity contribution in [1.82, 2.24) is 10.0 Å². The van der Waals surface area contributed by atoms with Crippen LogP contribution in [0.3, 0.4) is 0 Å². The number of amides is 1. The predicted molar refractivity (Wildman–Crippen MR) is 89.3 cm³/mol. The summed E-state index contributed by atoms with van der Waals surface area (Å²) in [7, 11) is 0.553. The van der Waals surface area contributed by atoms with Gasteiger partial charge < -0.3 is 10.2 Å². The van der Waals surface area contributed by atoms with Crippen LogP contribution in [0, 0.1) is 0 Å². The first-order chi connectivity index (χ1) is 9.90. The molecule has 114 valence electrons. The molecule has 2 rings (SSSR count). The Bertz CT molecular complexity index is 629. The number of likely N-dealkylation sites (N-methyl/N-ethyl adjacent to an activating group) is 1. The fraction of sp³-hybridized carbons (Fsp3) is 0.438. The first kappa shape index (κ1) is 15.6. The minimum atomic E-state index is -1.11. The highest BCUT2D eigenvalue weighted by Gasteiger charge is 2.15. The third kappa shape index (κ3) is 4.11. The highest BCUT2D eigenvalue weighted by atomic mass is 28.3. The lowest BCUT2D eigenvalue weighted by molar-refractivity contribution is -0.119. The highest BCUT2D eigenvalue weighted by molar-refractivity contribution is 6.76. The van der Waals surface area contributed by atoms with Crippen LogP contribution in [0.5, 0.6) is 0 Å². The van der Waals surface area contributed by atoms with E-state index in [0.717, 1.165) is 22.5 Å². The zero-order valence-corrected chi connectivity index (χ0v) is 14.3. The Balaban J connectivity index is 2.21. The molecule has 0 fully saturated rings. The average molecular weight is 304 g/mol. The van der Waals surface area contributed by atoms with Gasteiger partial charge in [-0.15, -0.1) is 0 Å². The van der Waals surface area contributed by atoms with Crippen molar-refractivity contribution >= 4 is 24.9 Å². The molecule has 1 aromatic carbocycles. The monoisotopic (exact) mass is 304 g/mol. The molecule has 1 amide bonds.